The highest BCUT2D eigenvalue weighted by atomic mass is 79.9. The van der Waals surface area contributed by atoms with E-state index in [0.717, 1.165) is 4.88 Å². The summed E-state index contributed by atoms with van der Waals surface area (Å²) in [7, 11) is 0. The van der Waals surface area contributed by atoms with Gasteiger partial charge >= 0.3 is 0 Å². The van der Waals surface area contributed by atoms with Crippen molar-refractivity contribution in [2.75, 3.05) is 0 Å². The first-order chi connectivity index (χ1) is 8.29. The van der Waals surface area contributed by atoms with Crippen LogP contribution in [0.25, 0.3) is 10.7 Å². The minimum atomic E-state index is -0.386. The second kappa shape index (κ2) is 4.51. The Balaban J connectivity index is 2.50. The molecule has 0 aliphatic heterocycles. The van der Waals surface area contributed by atoms with Crippen molar-refractivity contribution in [3.05, 3.63) is 31.8 Å². The molecule has 0 atom stereocenters. The maximum Gasteiger partial charge on any atom is 0.269 e. The van der Waals surface area contributed by atoms with Gasteiger partial charge in [-0.1, -0.05) is 20.8 Å². The molecule has 6 heteroatoms. The average molecular weight is 329 g/mol. The zero-order valence-corrected chi connectivity index (χ0v) is 12.6. The first-order valence-electron chi connectivity index (χ1n) is 5.38. The number of aromatic hydroxyl groups is 1. The van der Waals surface area contributed by atoms with Crippen LogP contribution in [-0.4, -0.2) is 15.1 Å². The molecule has 0 amide bonds. The summed E-state index contributed by atoms with van der Waals surface area (Å²) in [6.45, 7) is 6.37. The lowest BCUT2D eigenvalue weighted by Crippen LogP contribution is -2.09. The molecule has 2 N–H and O–H groups in total. The van der Waals surface area contributed by atoms with Gasteiger partial charge in [0.15, 0.2) is 5.82 Å². The van der Waals surface area contributed by atoms with Gasteiger partial charge in [0.25, 0.3) is 5.56 Å². The van der Waals surface area contributed by atoms with Gasteiger partial charge in [-0.15, -0.1) is 11.3 Å². The molecule has 0 spiro atoms. The Bertz CT molecular complexity index is 640. The average Bonchev–Trinajstić information content (AvgIpc) is 2.73. The van der Waals surface area contributed by atoms with E-state index in [1.807, 2.05) is 12.1 Å². The highest BCUT2D eigenvalue weighted by molar-refractivity contribution is 9.10. The summed E-state index contributed by atoms with van der Waals surface area (Å²) in [5.74, 6) is 0.0978. The van der Waals surface area contributed by atoms with E-state index in [0.29, 0.717) is 5.82 Å². The molecular formula is C12H13BrN2O2S. The topological polar surface area (TPSA) is 66.0 Å². The van der Waals surface area contributed by atoms with Gasteiger partial charge in [-0.3, -0.25) is 4.79 Å². The van der Waals surface area contributed by atoms with E-state index in [1.54, 1.807) is 11.3 Å². The van der Waals surface area contributed by atoms with Crippen LogP contribution in [0.3, 0.4) is 0 Å². The Morgan fingerprint density at radius 3 is 2.56 bits per heavy atom. The van der Waals surface area contributed by atoms with Crippen molar-refractivity contribution in [3.8, 4) is 16.6 Å². The van der Waals surface area contributed by atoms with Crippen molar-refractivity contribution in [2.45, 2.75) is 26.2 Å². The van der Waals surface area contributed by atoms with Crippen LogP contribution >= 0.6 is 27.3 Å². The highest BCUT2D eigenvalue weighted by Gasteiger charge is 2.18. The van der Waals surface area contributed by atoms with E-state index in [1.165, 1.54) is 4.88 Å². The maximum atomic E-state index is 11.5. The van der Waals surface area contributed by atoms with E-state index in [-0.39, 0.29) is 21.3 Å². The third-order valence-electron chi connectivity index (χ3n) is 2.42. The zero-order valence-electron chi connectivity index (χ0n) is 10.2. The smallest absolute Gasteiger partial charge is 0.269 e. The summed E-state index contributed by atoms with van der Waals surface area (Å²) in [5, 5.41) is 9.54. The van der Waals surface area contributed by atoms with Crippen molar-refractivity contribution in [1.82, 2.24) is 9.97 Å². The minimum Gasteiger partial charge on any atom is -0.492 e. The monoisotopic (exact) mass is 328 g/mol. The summed E-state index contributed by atoms with van der Waals surface area (Å²) < 4.78 is 0.0545. The number of thiophene rings is 1. The highest BCUT2D eigenvalue weighted by Crippen LogP contribution is 2.34. The van der Waals surface area contributed by atoms with E-state index in [9.17, 15) is 9.90 Å². The summed E-state index contributed by atoms with van der Waals surface area (Å²) in [6, 6.07) is 3.91. The number of aromatic nitrogens is 2. The quantitative estimate of drug-likeness (QED) is 0.844. The number of aromatic amines is 1. The molecule has 0 radical (unpaired) electrons. The van der Waals surface area contributed by atoms with Crippen molar-refractivity contribution in [3.63, 3.8) is 0 Å². The van der Waals surface area contributed by atoms with Gasteiger partial charge in [0.05, 0.1) is 4.88 Å². The zero-order chi connectivity index (χ0) is 13.5. The molecule has 2 aromatic rings. The number of nitrogens with zero attached hydrogens (tertiary/aromatic N) is 1. The molecule has 2 rings (SSSR count). The Labute approximate surface area is 117 Å². The molecule has 0 bridgehead atoms. The molecule has 96 valence electrons. The van der Waals surface area contributed by atoms with E-state index in [4.69, 9.17) is 0 Å². The summed E-state index contributed by atoms with van der Waals surface area (Å²) in [4.78, 5) is 20.2. The Kier molecular flexibility index (Phi) is 3.33. The molecule has 0 aliphatic carbocycles. The molecule has 0 saturated heterocycles. The standard InChI is InChI=1S/C12H13BrN2O2S/c1-12(2,3)7-5-4-6(18-7)9-14-10(16)8(13)11(17)15-9/h4-5H,1-3H3,(H2,14,15,16,17). The number of H-pyrrole nitrogens is 1. The van der Waals surface area contributed by atoms with Crippen LogP contribution < -0.4 is 5.56 Å². The fourth-order valence-electron chi connectivity index (χ4n) is 1.43. The Hall–Kier alpha value is -1.14. The molecule has 0 unspecified atom stereocenters. The van der Waals surface area contributed by atoms with Gasteiger partial charge < -0.3 is 10.1 Å². The second-order valence-corrected chi connectivity index (χ2v) is 6.84. The predicted octanol–water partition coefficient (Wildman–Crippen LogP) is 3.26. The molecule has 0 aromatic carbocycles. The lowest BCUT2D eigenvalue weighted by Gasteiger charge is -2.15. The van der Waals surface area contributed by atoms with E-state index < -0.39 is 0 Å². The fourth-order valence-corrected chi connectivity index (χ4v) is 2.63. The lowest BCUT2D eigenvalue weighted by molar-refractivity contribution is 0.448. The van der Waals surface area contributed by atoms with Gasteiger partial charge in [0.2, 0.25) is 5.88 Å². The molecule has 0 saturated carbocycles. The van der Waals surface area contributed by atoms with Gasteiger partial charge in [0, 0.05) is 4.88 Å². The minimum absolute atomic E-state index is 0.0545. The van der Waals surface area contributed by atoms with Gasteiger partial charge in [-0.05, 0) is 33.5 Å². The summed E-state index contributed by atoms with van der Waals surface area (Å²) in [5.41, 5.74) is -0.330. The van der Waals surface area contributed by atoms with Gasteiger partial charge in [0.1, 0.15) is 4.47 Å². The van der Waals surface area contributed by atoms with Crippen molar-refractivity contribution >= 4 is 27.3 Å². The van der Waals surface area contributed by atoms with Crippen LogP contribution in [0, 0.1) is 0 Å². The molecular weight excluding hydrogens is 316 g/mol. The van der Waals surface area contributed by atoms with Crippen LogP contribution in [0.15, 0.2) is 21.4 Å². The number of rotatable bonds is 1. The van der Waals surface area contributed by atoms with Crippen LogP contribution in [0.1, 0.15) is 25.6 Å². The van der Waals surface area contributed by atoms with Crippen LogP contribution in [0.2, 0.25) is 0 Å². The van der Waals surface area contributed by atoms with Crippen molar-refractivity contribution in [2.24, 2.45) is 0 Å². The SMILES string of the molecule is CC(C)(C)c1ccc(-c2nc(O)c(Br)c(=O)[nH]2)s1. The predicted molar refractivity (Wildman–Crippen MR) is 76.2 cm³/mol. The van der Waals surface area contributed by atoms with Crippen molar-refractivity contribution < 1.29 is 5.11 Å². The lowest BCUT2D eigenvalue weighted by atomic mass is 9.95. The first kappa shape index (κ1) is 13.3. The normalized spacial score (nSPS) is 11.8. The van der Waals surface area contributed by atoms with Crippen molar-refractivity contribution in [1.29, 1.82) is 0 Å². The molecule has 2 aromatic heterocycles. The summed E-state index contributed by atoms with van der Waals surface area (Å²) in [6.07, 6.45) is 0. The maximum absolute atomic E-state index is 11.5. The number of halogens is 1. The third kappa shape index (κ3) is 2.49. The van der Waals surface area contributed by atoms with Crippen LogP contribution in [-0.2, 0) is 5.41 Å². The van der Waals surface area contributed by atoms with Crippen LogP contribution in [0.5, 0.6) is 5.88 Å². The molecule has 0 fully saturated rings. The Morgan fingerprint density at radius 1 is 1.39 bits per heavy atom. The number of hydrogen-bond acceptors (Lipinski definition) is 4. The number of nitrogens with one attached hydrogen (secondary N) is 1. The Morgan fingerprint density at radius 2 is 2.06 bits per heavy atom. The van der Waals surface area contributed by atoms with Gasteiger partial charge in [-0.2, -0.15) is 4.98 Å². The third-order valence-corrected chi connectivity index (χ3v) is 4.66. The molecule has 2 heterocycles. The molecule has 18 heavy (non-hydrogen) atoms. The summed E-state index contributed by atoms with van der Waals surface area (Å²) >= 11 is 4.53. The van der Waals surface area contributed by atoms with Crippen LogP contribution in [0.4, 0.5) is 0 Å². The van der Waals surface area contributed by atoms with E-state index in [2.05, 4.69) is 46.7 Å². The molecule has 0 aliphatic rings. The number of hydrogen-bond donors (Lipinski definition) is 2. The second-order valence-electron chi connectivity index (χ2n) is 4.97. The first-order valence-corrected chi connectivity index (χ1v) is 6.99. The fraction of sp³-hybridized carbons (Fsp3) is 0.333. The van der Waals surface area contributed by atoms with E-state index >= 15 is 0 Å². The molecule has 4 nitrogen and oxygen atoms in total. The van der Waals surface area contributed by atoms with Gasteiger partial charge in [-0.25, -0.2) is 0 Å². The largest absolute Gasteiger partial charge is 0.492 e.